The van der Waals surface area contributed by atoms with E-state index < -0.39 is 0 Å². The van der Waals surface area contributed by atoms with E-state index in [1.54, 1.807) is 0 Å². The van der Waals surface area contributed by atoms with Gasteiger partial charge in [-0.2, -0.15) is 5.26 Å². The maximum Gasteiger partial charge on any atom is 0.0621 e. The molecule has 1 aromatic carbocycles. The van der Waals surface area contributed by atoms with Crippen molar-refractivity contribution >= 4 is 0 Å². The average molecular weight is 216 g/mol. The van der Waals surface area contributed by atoms with Crippen molar-refractivity contribution in [2.75, 3.05) is 13.1 Å². The Kier molecular flexibility index (Phi) is 6.29. The second kappa shape index (κ2) is 7.90. The summed E-state index contributed by atoms with van der Waals surface area (Å²) in [7, 11) is 0. The summed E-state index contributed by atoms with van der Waals surface area (Å²) in [6.45, 7) is 4.26. The first-order valence-electron chi connectivity index (χ1n) is 5.97. The monoisotopic (exact) mass is 216 g/mol. The molecule has 1 aromatic rings. The number of unbranched alkanes of at least 4 members (excludes halogenated alkanes) is 2. The van der Waals surface area contributed by atoms with Crippen LogP contribution in [0.2, 0.25) is 0 Å². The molecule has 1 atom stereocenters. The summed E-state index contributed by atoms with van der Waals surface area (Å²) in [5.74, 6) is 0.553. The molecule has 0 fully saturated rings. The number of nitriles is 1. The van der Waals surface area contributed by atoms with Crippen LogP contribution < -0.4 is 5.32 Å². The lowest BCUT2D eigenvalue weighted by atomic mass is 10.0. The van der Waals surface area contributed by atoms with Crippen LogP contribution in [0.1, 0.15) is 37.7 Å². The van der Waals surface area contributed by atoms with Crippen LogP contribution in [0.5, 0.6) is 0 Å². The number of benzene rings is 1. The highest BCUT2D eigenvalue weighted by Crippen LogP contribution is 2.12. The molecule has 0 bridgehead atoms. The average Bonchev–Trinajstić information content (AvgIpc) is 2.34. The quantitative estimate of drug-likeness (QED) is 0.711. The van der Waals surface area contributed by atoms with Gasteiger partial charge in [0.1, 0.15) is 0 Å². The fourth-order valence-corrected chi connectivity index (χ4v) is 1.67. The fraction of sp³-hybridized carbons (Fsp3) is 0.500. The lowest BCUT2D eigenvalue weighted by Gasteiger charge is -2.12. The molecule has 0 aliphatic carbocycles. The van der Waals surface area contributed by atoms with Crippen LogP contribution in [0.4, 0.5) is 0 Å². The molecule has 0 spiro atoms. The largest absolute Gasteiger partial charge is 0.316 e. The SMILES string of the molecule is CC(CNCCCCC#N)c1ccccc1. The first-order valence-corrected chi connectivity index (χ1v) is 5.97. The zero-order valence-electron chi connectivity index (χ0n) is 9.95. The minimum absolute atomic E-state index is 0.553. The van der Waals surface area contributed by atoms with Crippen LogP contribution in [-0.4, -0.2) is 13.1 Å². The Morgan fingerprint density at radius 3 is 2.69 bits per heavy atom. The molecule has 0 amide bonds. The zero-order chi connectivity index (χ0) is 11.6. The van der Waals surface area contributed by atoms with Crippen LogP contribution in [0.15, 0.2) is 30.3 Å². The molecule has 1 unspecified atom stereocenters. The van der Waals surface area contributed by atoms with Crippen molar-refractivity contribution in [2.24, 2.45) is 0 Å². The Morgan fingerprint density at radius 1 is 1.25 bits per heavy atom. The van der Waals surface area contributed by atoms with Gasteiger partial charge in [-0.3, -0.25) is 0 Å². The van der Waals surface area contributed by atoms with Crippen molar-refractivity contribution in [3.05, 3.63) is 35.9 Å². The van der Waals surface area contributed by atoms with E-state index in [-0.39, 0.29) is 0 Å². The molecule has 2 nitrogen and oxygen atoms in total. The maximum atomic E-state index is 8.39. The van der Waals surface area contributed by atoms with E-state index in [1.807, 2.05) is 6.07 Å². The molecule has 0 aromatic heterocycles. The Balaban J connectivity index is 2.12. The molecule has 0 heterocycles. The highest BCUT2D eigenvalue weighted by atomic mass is 14.8. The van der Waals surface area contributed by atoms with Crippen LogP contribution in [0.25, 0.3) is 0 Å². The third-order valence-corrected chi connectivity index (χ3v) is 2.71. The molecule has 86 valence electrons. The standard InChI is InChI=1S/C14H20N2/c1-13(14-8-4-2-5-9-14)12-16-11-7-3-6-10-15/h2,4-5,8-9,13,16H,3,6-7,11-12H2,1H3. The Bertz CT molecular complexity index is 313. The van der Waals surface area contributed by atoms with Crippen molar-refractivity contribution in [2.45, 2.75) is 32.1 Å². The second-order valence-corrected chi connectivity index (χ2v) is 4.13. The van der Waals surface area contributed by atoms with Gasteiger partial charge in [0.15, 0.2) is 0 Å². The molecule has 0 saturated heterocycles. The van der Waals surface area contributed by atoms with Gasteiger partial charge >= 0.3 is 0 Å². The highest BCUT2D eigenvalue weighted by Gasteiger charge is 2.03. The third-order valence-electron chi connectivity index (χ3n) is 2.71. The number of nitrogens with zero attached hydrogens (tertiary/aromatic N) is 1. The second-order valence-electron chi connectivity index (χ2n) is 4.13. The van der Waals surface area contributed by atoms with Gasteiger partial charge in [0.2, 0.25) is 0 Å². The topological polar surface area (TPSA) is 35.8 Å². The Morgan fingerprint density at radius 2 is 2.00 bits per heavy atom. The summed E-state index contributed by atoms with van der Waals surface area (Å²) in [6.07, 6.45) is 2.77. The number of hydrogen-bond donors (Lipinski definition) is 1. The van der Waals surface area contributed by atoms with Gasteiger partial charge in [0, 0.05) is 13.0 Å². The first-order chi connectivity index (χ1) is 7.84. The van der Waals surface area contributed by atoms with Gasteiger partial charge in [-0.1, -0.05) is 37.3 Å². The molecule has 1 N–H and O–H groups in total. The van der Waals surface area contributed by atoms with Gasteiger partial charge in [-0.15, -0.1) is 0 Å². The molecular formula is C14H20N2. The molecule has 1 rings (SSSR count). The van der Waals surface area contributed by atoms with Crippen molar-refractivity contribution in [1.82, 2.24) is 5.32 Å². The smallest absolute Gasteiger partial charge is 0.0621 e. The highest BCUT2D eigenvalue weighted by molar-refractivity contribution is 5.18. The summed E-state index contributed by atoms with van der Waals surface area (Å²) in [5.41, 5.74) is 1.38. The van der Waals surface area contributed by atoms with E-state index in [2.05, 4.69) is 42.6 Å². The van der Waals surface area contributed by atoms with E-state index >= 15 is 0 Å². The van der Waals surface area contributed by atoms with Gasteiger partial charge < -0.3 is 5.32 Å². The molecular weight excluding hydrogens is 196 g/mol. The summed E-state index contributed by atoms with van der Waals surface area (Å²) in [4.78, 5) is 0. The first kappa shape index (κ1) is 12.7. The number of nitrogens with one attached hydrogen (secondary N) is 1. The Hall–Kier alpha value is -1.33. The lowest BCUT2D eigenvalue weighted by molar-refractivity contribution is 0.585. The van der Waals surface area contributed by atoms with Crippen LogP contribution in [0, 0.1) is 11.3 Å². The molecule has 0 aliphatic heterocycles. The van der Waals surface area contributed by atoms with Crippen LogP contribution >= 0.6 is 0 Å². The van der Waals surface area contributed by atoms with Crippen molar-refractivity contribution in [3.8, 4) is 6.07 Å². The normalized spacial score (nSPS) is 12.0. The van der Waals surface area contributed by atoms with Gasteiger partial charge in [-0.25, -0.2) is 0 Å². The minimum Gasteiger partial charge on any atom is -0.316 e. The zero-order valence-corrected chi connectivity index (χ0v) is 9.95. The van der Waals surface area contributed by atoms with Crippen LogP contribution in [0.3, 0.4) is 0 Å². The van der Waals surface area contributed by atoms with E-state index in [9.17, 15) is 0 Å². The molecule has 0 radical (unpaired) electrons. The molecule has 16 heavy (non-hydrogen) atoms. The fourth-order valence-electron chi connectivity index (χ4n) is 1.67. The van der Waals surface area contributed by atoms with E-state index in [0.29, 0.717) is 12.3 Å². The Labute approximate surface area is 98.3 Å². The molecule has 2 heteroatoms. The molecule has 0 saturated carbocycles. The van der Waals surface area contributed by atoms with Crippen molar-refractivity contribution in [1.29, 1.82) is 5.26 Å². The van der Waals surface area contributed by atoms with Crippen molar-refractivity contribution in [3.63, 3.8) is 0 Å². The third kappa shape index (κ3) is 4.95. The predicted molar refractivity (Wildman–Crippen MR) is 67.2 cm³/mol. The summed E-state index contributed by atoms with van der Waals surface area (Å²) < 4.78 is 0. The minimum atomic E-state index is 0.553. The lowest BCUT2D eigenvalue weighted by Crippen LogP contribution is -2.21. The van der Waals surface area contributed by atoms with Crippen molar-refractivity contribution < 1.29 is 0 Å². The van der Waals surface area contributed by atoms with Gasteiger partial charge in [0.25, 0.3) is 0 Å². The van der Waals surface area contributed by atoms with E-state index in [1.165, 1.54) is 5.56 Å². The van der Waals surface area contributed by atoms with E-state index in [4.69, 9.17) is 5.26 Å². The van der Waals surface area contributed by atoms with Gasteiger partial charge in [0.05, 0.1) is 6.07 Å². The van der Waals surface area contributed by atoms with E-state index in [0.717, 1.165) is 25.9 Å². The van der Waals surface area contributed by atoms with Crippen LogP contribution in [-0.2, 0) is 0 Å². The maximum absolute atomic E-state index is 8.39. The molecule has 0 aliphatic rings. The van der Waals surface area contributed by atoms with Gasteiger partial charge in [-0.05, 0) is 30.9 Å². The summed E-state index contributed by atoms with van der Waals surface area (Å²) in [5, 5.41) is 11.8. The summed E-state index contributed by atoms with van der Waals surface area (Å²) >= 11 is 0. The number of rotatable bonds is 7. The predicted octanol–water partition coefficient (Wildman–Crippen LogP) is 3.07. The number of hydrogen-bond acceptors (Lipinski definition) is 2. The summed E-state index contributed by atoms with van der Waals surface area (Å²) in [6, 6.07) is 12.7.